The number of ether oxygens (including phenoxy) is 1. The summed E-state index contributed by atoms with van der Waals surface area (Å²) >= 11 is 8.79. The van der Waals surface area contributed by atoms with E-state index in [4.69, 9.17) is 17.0 Å². The molecule has 0 saturated carbocycles. The van der Waals surface area contributed by atoms with E-state index in [-0.39, 0.29) is 0 Å². The molecule has 0 bridgehead atoms. The number of nitrogens with zero attached hydrogens (tertiary/aromatic N) is 2. The van der Waals surface area contributed by atoms with E-state index in [1.54, 1.807) is 31.4 Å². The van der Waals surface area contributed by atoms with Gasteiger partial charge in [0, 0.05) is 36.3 Å². The van der Waals surface area contributed by atoms with Gasteiger partial charge in [0.25, 0.3) is 0 Å². The predicted octanol–water partition coefficient (Wildman–Crippen LogP) is 3.16. The Hall–Kier alpha value is -1.68. The highest BCUT2D eigenvalue weighted by atomic mass is 79.9. The van der Waals surface area contributed by atoms with Crippen molar-refractivity contribution >= 4 is 49.0 Å². The SMILES string of the molecule is COc1ccc(NC(=S)N2CCN(S(=O)(=O)c3cccc(Br)c3)CC2)cc1. The second kappa shape index (κ2) is 8.55. The van der Waals surface area contributed by atoms with Gasteiger partial charge in [-0.1, -0.05) is 22.0 Å². The van der Waals surface area contributed by atoms with Crippen LogP contribution in [0, 0.1) is 0 Å². The molecular weight excluding hydrogens is 450 g/mol. The maximum Gasteiger partial charge on any atom is 0.243 e. The number of hydrogen-bond donors (Lipinski definition) is 1. The third-order valence-corrected chi connectivity index (χ3v) is 7.05. The number of benzene rings is 2. The van der Waals surface area contributed by atoms with Crippen molar-refractivity contribution in [2.45, 2.75) is 4.90 Å². The Kier molecular flexibility index (Phi) is 6.36. The van der Waals surface area contributed by atoms with E-state index in [0.29, 0.717) is 36.2 Å². The van der Waals surface area contributed by atoms with E-state index < -0.39 is 10.0 Å². The maximum absolute atomic E-state index is 12.8. The molecule has 2 aromatic rings. The topological polar surface area (TPSA) is 61.9 Å². The van der Waals surface area contributed by atoms with Crippen LogP contribution in [0.5, 0.6) is 5.75 Å². The van der Waals surface area contributed by atoms with E-state index in [1.807, 2.05) is 29.2 Å². The van der Waals surface area contributed by atoms with Crippen molar-refractivity contribution in [2.24, 2.45) is 0 Å². The van der Waals surface area contributed by atoms with Gasteiger partial charge in [0.05, 0.1) is 12.0 Å². The van der Waals surface area contributed by atoms with Crippen LogP contribution in [0.1, 0.15) is 0 Å². The molecule has 1 fully saturated rings. The second-order valence-electron chi connectivity index (χ2n) is 6.01. The molecule has 0 spiro atoms. The van der Waals surface area contributed by atoms with Crippen molar-refractivity contribution in [1.82, 2.24) is 9.21 Å². The zero-order chi connectivity index (χ0) is 19.4. The van der Waals surface area contributed by atoms with Gasteiger partial charge in [-0.25, -0.2) is 8.42 Å². The van der Waals surface area contributed by atoms with Gasteiger partial charge in [-0.2, -0.15) is 4.31 Å². The summed E-state index contributed by atoms with van der Waals surface area (Å²) in [5.41, 5.74) is 0.866. The minimum atomic E-state index is -3.50. The van der Waals surface area contributed by atoms with Crippen molar-refractivity contribution in [3.63, 3.8) is 0 Å². The number of methoxy groups -OCH3 is 1. The van der Waals surface area contributed by atoms with Crippen LogP contribution in [-0.4, -0.2) is 56.0 Å². The molecule has 1 aliphatic rings. The average molecular weight is 470 g/mol. The summed E-state index contributed by atoms with van der Waals surface area (Å²) in [7, 11) is -1.88. The Bertz CT molecular complexity index is 912. The Balaban J connectivity index is 1.60. The van der Waals surface area contributed by atoms with Gasteiger partial charge in [-0.15, -0.1) is 0 Å². The first kappa shape index (κ1) is 20.1. The van der Waals surface area contributed by atoms with Crippen LogP contribution in [-0.2, 0) is 10.0 Å². The molecule has 27 heavy (non-hydrogen) atoms. The van der Waals surface area contributed by atoms with Crippen LogP contribution < -0.4 is 10.1 Å². The molecule has 3 rings (SSSR count). The van der Waals surface area contributed by atoms with Crippen molar-refractivity contribution in [1.29, 1.82) is 0 Å². The highest BCUT2D eigenvalue weighted by Crippen LogP contribution is 2.22. The van der Waals surface area contributed by atoms with Crippen LogP contribution >= 0.6 is 28.1 Å². The number of thiocarbonyl (C=S) groups is 1. The normalized spacial score (nSPS) is 15.4. The molecule has 2 aromatic carbocycles. The lowest BCUT2D eigenvalue weighted by molar-refractivity contribution is 0.268. The summed E-state index contributed by atoms with van der Waals surface area (Å²) in [6.07, 6.45) is 0. The molecule has 0 aliphatic carbocycles. The van der Waals surface area contributed by atoms with Gasteiger partial charge in [0.15, 0.2) is 5.11 Å². The second-order valence-corrected chi connectivity index (χ2v) is 9.25. The molecule has 0 aromatic heterocycles. The van der Waals surface area contributed by atoms with Crippen molar-refractivity contribution in [3.8, 4) is 5.75 Å². The monoisotopic (exact) mass is 469 g/mol. The molecule has 1 saturated heterocycles. The zero-order valence-electron chi connectivity index (χ0n) is 14.8. The van der Waals surface area contributed by atoms with Gasteiger partial charge < -0.3 is 15.0 Å². The van der Waals surface area contributed by atoms with Crippen LogP contribution in [0.3, 0.4) is 0 Å². The van der Waals surface area contributed by atoms with E-state index in [1.165, 1.54) is 4.31 Å². The van der Waals surface area contributed by atoms with Crippen molar-refractivity contribution < 1.29 is 13.2 Å². The average Bonchev–Trinajstić information content (AvgIpc) is 2.68. The van der Waals surface area contributed by atoms with Gasteiger partial charge in [-0.05, 0) is 54.7 Å². The molecule has 0 atom stereocenters. The van der Waals surface area contributed by atoms with E-state index >= 15 is 0 Å². The molecule has 1 heterocycles. The summed E-state index contributed by atoms with van der Waals surface area (Å²) < 4.78 is 33.0. The van der Waals surface area contributed by atoms with E-state index in [9.17, 15) is 8.42 Å². The number of rotatable bonds is 4. The van der Waals surface area contributed by atoms with E-state index in [2.05, 4.69) is 21.2 Å². The fraction of sp³-hybridized carbons (Fsp3) is 0.278. The van der Waals surface area contributed by atoms with Gasteiger partial charge in [0.2, 0.25) is 10.0 Å². The summed E-state index contributed by atoms with van der Waals surface area (Å²) in [5, 5.41) is 3.77. The summed E-state index contributed by atoms with van der Waals surface area (Å²) in [6.45, 7) is 1.85. The smallest absolute Gasteiger partial charge is 0.243 e. The standard InChI is InChI=1S/C18H20BrN3O3S2/c1-25-16-7-5-15(6-8-16)20-18(26)21-9-11-22(12-10-21)27(23,24)17-4-2-3-14(19)13-17/h2-8,13H,9-12H2,1H3,(H,20,26). The maximum atomic E-state index is 12.8. The molecule has 6 nitrogen and oxygen atoms in total. The largest absolute Gasteiger partial charge is 0.497 e. The highest BCUT2D eigenvalue weighted by Gasteiger charge is 2.29. The number of sulfonamides is 1. The highest BCUT2D eigenvalue weighted by molar-refractivity contribution is 9.10. The third kappa shape index (κ3) is 4.78. The summed E-state index contributed by atoms with van der Waals surface area (Å²) in [5.74, 6) is 0.776. The van der Waals surface area contributed by atoms with Crippen LogP contribution in [0.2, 0.25) is 0 Å². The molecule has 9 heteroatoms. The van der Waals surface area contributed by atoms with Crippen LogP contribution in [0.25, 0.3) is 0 Å². The van der Waals surface area contributed by atoms with Gasteiger partial charge in [-0.3, -0.25) is 0 Å². The van der Waals surface area contributed by atoms with Gasteiger partial charge in [0.1, 0.15) is 5.75 Å². The summed E-state index contributed by atoms with van der Waals surface area (Å²) in [6, 6.07) is 14.3. The zero-order valence-corrected chi connectivity index (χ0v) is 18.0. The quantitative estimate of drug-likeness (QED) is 0.693. The number of anilines is 1. The number of piperazine rings is 1. The Morgan fingerprint density at radius 1 is 1.11 bits per heavy atom. The Labute approximate surface area is 173 Å². The molecule has 0 radical (unpaired) electrons. The van der Waals surface area contributed by atoms with Crippen molar-refractivity contribution in [2.75, 3.05) is 38.6 Å². The third-order valence-electron chi connectivity index (χ3n) is 4.30. The van der Waals surface area contributed by atoms with Gasteiger partial charge >= 0.3 is 0 Å². The molecule has 1 N–H and O–H groups in total. The molecule has 144 valence electrons. The molecule has 0 unspecified atom stereocenters. The number of hydrogen-bond acceptors (Lipinski definition) is 4. The van der Waals surface area contributed by atoms with Crippen molar-refractivity contribution in [3.05, 3.63) is 53.0 Å². The Morgan fingerprint density at radius 2 is 1.78 bits per heavy atom. The number of halogens is 1. The first-order valence-corrected chi connectivity index (χ1v) is 11.0. The lowest BCUT2D eigenvalue weighted by atomic mass is 10.3. The first-order chi connectivity index (χ1) is 12.9. The summed E-state index contributed by atoms with van der Waals surface area (Å²) in [4.78, 5) is 2.27. The molecule has 0 amide bonds. The van der Waals surface area contributed by atoms with Crippen LogP contribution in [0.15, 0.2) is 57.9 Å². The molecule has 1 aliphatic heterocycles. The lowest BCUT2D eigenvalue weighted by Gasteiger charge is -2.35. The lowest BCUT2D eigenvalue weighted by Crippen LogP contribution is -2.51. The Morgan fingerprint density at radius 3 is 2.37 bits per heavy atom. The number of nitrogens with one attached hydrogen (secondary N) is 1. The fourth-order valence-electron chi connectivity index (χ4n) is 2.78. The fourth-order valence-corrected chi connectivity index (χ4v) is 5.10. The minimum Gasteiger partial charge on any atom is -0.497 e. The first-order valence-electron chi connectivity index (χ1n) is 8.36. The van der Waals surface area contributed by atoms with E-state index in [0.717, 1.165) is 15.9 Å². The molecular formula is C18H20BrN3O3S2. The minimum absolute atomic E-state index is 0.296. The van der Waals surface area contributed by atoms with Crippen LogP contribution in [0.4, 0.5) is 5.69 Å². The predicted molar refractivity (Wildman–Crippen MR) is 114 cm³/mol.